The Balaban J connectivity index is 1.36. The van der Waals surface area contributed by atoms with E-state index in [0.717, 1.165) is 26.2 Å². The first-order chi connectivity index (χ1) is 16.4. The summed E-state index contributed by atoms with van der Waals surface area (Å²) >= 11 is 1.22. The number of thiazole rings is 1. The Labute approximate surface area is 205 Å². The van der Waals surface area contributed by atoms with Crippen LogP contribution < -0.4 is 5.32 Å². The molecule has 0 atom stereocenters. The van der Waals surface area contributed by atoms with E-state index in [0.29, 0.717) is 22.2 Å². The van der Waals surface area contributed by atoms with Gasteiger partial charge in [-0.25, -0.2) is 4.98 Å². The van der Waals surface area contributed by atoms with Crippen molar-refractivity contribution in [1.29, 1.82) is 0 Å². The van der Waals surface area contributed by atoms with Gasteiger partial charge in [0.05, 0.1) is 18.3 Å². The molecule has 178 valence electrons. The van der Waals surface area contributed by atoms with Crippen molar-refractivity contribution < 1.29 is 9.59 Å². The molecule has 2 aromatic carbocycles. The van der Waals surface area contributed by atoms with Crippen LogP contribution in [0, 0.1) is 6.92 Å². The summed E-state index contributed by atoms with van der Waals surface area (Å²) in [4.78, 5) is 36.0. The third-order valence-corrected chi connectivity index (χ3v) is 7.07. The molecule has 1 saturated heterocycles. The third kappa shape index (κ3) is 5.70. The van der Waals surface area contributed by atoms with Gasteiger partial charge < -0.3 is 10.2 Å². The lowest BCUT2D eigenvalue weighted by Crippen LogP contribution is -2.49. The monoisotopic (exact) mass is 477 g/mol. The number of nitrogens with one attached hydrogen (secondary N) is 1. The Morgan fingerprint density at radius 3 is 2.06 bits per heavy atom. The molecule has 4 rings (SSSR count). The molecule has 1 aliphatic heterocycles. The average Bonchev–Trinajstić information content (AvgIpc) is 3.20. The van der Waals surface area contributed by atoms with E-state index < -0.39 is 0 Å². The molecule has 1 N–H and O–H groups in total. The fraction of sp³-hybridized carbons (Fsp3) is 0.346. The van der Waals surface area contributed by atoms with Crippen LogP contribution >= 0.6 is 11.3 Å². The van der Waals surface area contributed by atoms with Crippen LogP contribution in [-0.2, 0) is 4.79 Å². The minimum Gasteiger partial charge on any atom is -0.344 e. The summed E-state index contributed by atoms with van der Waals surface area (Å²) < 4.78 is 0. The van der Waals surface area contributed by atoms with Crippen LogP contribution in [0.1, 0.15) is 32.5 Å². The van der Waals surface area contributed by atoms with Crippen LogP contribution in [0.2, 0.25) is 0 Å². The molecular formula is C26H31N5O2S. The molecule has 0 radical (unpaired) electrons. The second kappa shape index (κ2) is 10.9. The van der Waals surface area contributed by atoms with Gasteiger partial charge in [0.1, 0.15) is 4.88 Å². The number of carbonyl (C=O) groups is 2. The summed E-state index contributed by atoms with van der Waals surface area (Å²) in [5.41, 5.74) is 3.20. The van der Waals surface area contributed by atoms with E-state index in [1.807, 2.05) is 12.1 Å². The van der Waals surface area contributed by atoms with E-state index in [1.165, 1.54) is 27.4 Å². The molecule has 0 saturated carbocycles. The predicted molar refractivity (Wildman–Crippen MR) is 136 cm³/mol. The summed E-state index contributed by atoms with van der Waals surface area (Å²) in [5, 5.41) is 3.34. The van der Waals surface area contributed by atoms with Crippen LogP contribution in [0.15, 0.2) is 60.7 Å². The van der Waals surface area contributed by atoms with Crippen LogP contribution in [0.4, 0.5) is 5.13 Å². The van der Waals surface area contributed by atoms with Crippen molar-refractivity contribution in [3.63, 3.8) is 0 Å². The van der Waals surface area contributed by atoms with Crippen LogP contribution in [0.25, 0.3) is 0 Å². The second-order valence-electron chi connectivity index (χ2n) is 8.72. The molecule has 0 unspecified atom stereocenters. The highest BCUT2D eigenvalue weighted by Gasteiger charge is 2.27. The summed E-state index contributed by atoms with van der Waals surface area (Å²) in [6.07, 6.45) is 0. The molecule has 8 heteroatoms. The van der Waals surface area contributed by atoms with Crippen LogP contribution in [0.5, 0.6) is 0 Å². The van der Waals surface area contributed by atoms with Gasteiger partial charge in [0, 0.05) is 40.3 Å². The van der Waals surface area contributed by atoms with Gasteiger partial charge in [0.25, 0.3) is 5.91 Å². The Morgan fingerprint density at radius 2 is 1.53 bits per heavy atom. The zero-order valence-electron chi connectivity index (χ0n) is 19.9. The van der Waals surface area contributed by atoms with Crippen molar-refractivity contribution in [2.45, 2.75) is 13.0 Å². The minimum absolute atomic E-state index is 0.0991. The molecule has 2 amide bonds. The SMILES string of the molecule is Cc1nc(NC(=O)CN2CCN(C(c3ccccc3)c3ccccc3)CC2)sc1C(=O)N(C)C. The van der Waals surface area contributed by atoms with Crippen molar-refractivity contribution in [3.05, 3.63) is 82.4 Å². The van der Waals surface area contributed by atoms with E-state index in [1.54, 1.807) is 21.0 Å². The Hall–Kier alpha value is -3.07. The number of benzene rings is 2. The highest BCUT2D eigenvalue weighted by molar-refractivity contribution is 7.17. The quantitative estimate of drug-likeness (QED) is 0.564. The zero-order valence-corrected chi connectivity index (χ0v) is 20.7. The van der Waals surface area contributed by atoms with Gasteiger partial charge in [-0.3, -0.25) is 19.4 Å². The van der Waals surface area contributed by atoms with E-state index in [-0.39, 0.29) is 17.9 Å². The zero-order chi connectivity index (χ0) is 24.1. The fourth-order valence-electron chi connectivity index (χ4n) is 4.28. The first-order valence-corrected chi connectivity index (χ1v) is 12.3. The normalized spacial score (nSPS) is 14.8. The maximum atomic E-state index is 12.7. The van der Waals surface area contributed by atoms with Gasteiger partial charge in [-0.05, 0) is 18.1 Å². The predicted octanol–water partition coefficient (Wildman–Crippen LogP) is 3.50. The Morgan fingerprint density at radius 1 is 0.971 bits per heavy atom. The largest absolute Gasteiger partial charge is 0.344 e. The summed E-state index contributed by atoms with van der Waals surface area (Å²) in [6, 6.07) is 21.4. The lowest BCUT2D eigenvalue weighted by Gasteiger charge is -2.39. The van der Waals surface area contributed by atoms with Gasteiger partial charge >= 0.3 is 0 Å². The molecular weight excluding hydrogens is 446 g/mol. The molecule has 1 fully saturated rings. The first kappa shape index (κ1) is 24.1. The maximum Gasteiger partial charge on any atom is 0.265 e. The van der Waals surface area contributed by atoms with Crippen molar-refractivity contribution in [2.75, 3.05) is 52.1 Å². The number of carbonyl (C=O) groups excluding carboxylic acids is 2. The van der Waals surface area contributed by atoms with Crippen LogP contribution in [0.3, 0.4) is 0 Å². The van der Waals surface area contributed by atoms with E-state index in [2.05, 4.69) is 68.6 Å². The second-order valence-corrected chi connectivity index (χ2v) is 9.72. The lowest BCUT2D eigenvalue weighted by molar-refractivity contribution is -0.117. The number of nitrogens with zero attached hydrogens (tertiary/aromatic N) is 4. The average molecular weight is 478 g/mol. The lowest BCUT2D eigenvalue weighted by atomic mass is 9.96. The highest BCUT2D eigenvalue weighted by Crippen LogP contribution is 2.29. The summed E-state index contributed by atoms with van der Waals surface area (Å²) in [6.45, 7) is 5.47. The Kier molecular flexibility index (Phi) is 7.72. The van der Waals surface area contributed by atoms with Crippen molar-refractivity contribution in [1.82, 2.24) is 19.7 Å². The molecule has 2 heterocycles. The molecule has 34 heavy (non-hydrogen) atoms. The molecule has 0 spiro atoms. The Bertz CT molecular complexity index is 1070. The van der Waals surface area contributed by atoms with E-state index in [9.17, 15) is 9.59 Å². The van der Waals surface area contributed by atoms with E-state index in [4.69, 9.17) is 0 Å². The van der Waals surface area contributed by atoms with E-state index >= 15 is 0 Å². The van der Waals surface area contributed by atoms with Gasteiger partial charge in [-0.15, -0.1) is 0 Å². The fourth-order valence-corrected chi connectivity index (χ4v) is 5.28. The smallest absolute Gasteiger partial charge is 0.265 e. The topological polar surface area (TPSA) is 68.8 Å². The number of aryl methyl sites for hydroxylation is 1. The molecule has 0 bridgehead atoms. The number of hydrogen-bond acceptors (Lipinski definition) is 6. The minimum atomic E-state index is -0.103. The number of amides is 2. The number of hydrogen-bond donors (Lipinski definition) is 1. The maximum absolute atomic E-state index is 12.7. The highest BCUT2D eigenvalue weighted by atomic mass is 32.1. The molecule has 7 nitrogen and oxygen atoms in total. The van der Waals surface area contributed by atoms with Crippen LogP contribution in [-0.4, -0.2) is 78.3 Å². The summed E-state index contributed by atoms with van der Waals surface area (Å²) in [5.74, 6) is -0.202. The van der Waals surface area contributed by atoms with Gasteiger partial charge in [-0.2, -0.15) is 0 Å². The first-order valence-electron chi connectivity index (χ1n) is 11.5. The van der Waals surface area contributed by atoms with Crippen molar-refractivity contribution in [3.8, 4) is 0 Å². The molecule has 0 aliphatic carbocycles. The number of aromatic nitrogens is 1. The van der Waals surface area contributed by atoms with Gasteiger partial charge in [0.2, 0.25) is 5.91 Å². The van der Waals surface area contributed by atoms with Crippen molar-refractivity contribution >= 4 is 28.3 Å². The van der Waals surface area contributed by atoms with Gasteiger partial charge in [0.15, 0.2) is 5.13 Å². The molecule has 1 aliphatic rings. The standard InChI is InChI=1S/C26H31N5O2S/c1-19-24(25(33)29(2)3)34-26(27-19)28-22(32)18-30-14-16-31(17-15-30)23(20-10-6-4-7-11-20)21-12-8-5-9-13-21/h4-13,23H,14-18H2,1-3H3,(H,27,28,32). The molecule has 1 aromatic heterocycles. The third-order valence-electron chi connectivity index (χ3n) is 6.01. The summed E-state index contributed by atoms with van der Waals surface area (Å²) in [7, 11) is 3.42. The molecule has 3 aromatic rings. The number of anilines is 1. The number of rotatable bonds is 7. The van der Waals surface area contributed by atoms with Gasteiger partial charge in [-0.1, -0.05) is 72.0 Å². The van der Waals surface area contributed by atoms with Crippen molar-refractivity contribution in [2.24, 2.45) is 0 Å². The number of piperazine rings is 1.